The molecule has 3 atom stereocenters. The summed E-state index contributed by atoms with van der Waals surface area (Å²) in [7, 11) is -4.35. The van der Waals surface area contributed by atoms with Gasteiger partial charge in [0.05, 0.1) is 25.4 Å². The molecule has 0 spiro atoms. The molecular weight excluding hydrogens is 599 g/mol. The first kappa shape index (κ1) is 43.7. The topological polar surface area (TPSA) is 131 Å². The average molecular weight is 663 g/mol. The van der Waals surface area contributed by atoms with Gasteiger partial charge in [-0.2, -0.15) is 0 Å². The number of carbonyl (C=O) groups excluding carboxylic acids is 1. The Balaban J connectivity index is 4.45. The molecule has 0 aromatic rings. The third-order valence-electron chi connectivity index (χ3n) is 6.69. The van der Waals surface area contributed by atoms with E-state index >= 15 is 0 Å². The lowest BCUT2D eigenvalue weighted by atomic mass is 10.1. The SMILES string of the molecule is CC/C=C\C/C=C\C/C=C\C/C=C\CCCCCCC(=O)NC(COP(=O)(O)OCCN)C(O)/C=C/CC/C=C/CC/C=C/CC. The van der Waals surface area contributed by atoms with Gasteiger partial charge in [0.15, 0.2) is 0 Å². The first-order chi connectivity index (χ1) is 22.4. The molecule has 0 aromatic carbocycles. The van der Waals surface area contributed by atoms with Crippen molar-refractivity contribution >= 4 is 13.7 Å². The lowest BCUT2D eigenvalue weighted by Gasteiger charge is -2.23. The number of carbonyl (C=O) groups is 1. The summed E-state index contributed by atoms with van der Waals surface area (Å²) in [6.45, 7) is 3.80. The molecule has 0 bridgehead atoms. The van der Waals surface area contributed by atoms with Crippen LogP contribution >= 0.6 is 7.82 Å². The van der Waals surface area contributed by atoms with Crippen molar-refractivity contribution in [2.24, 2.45) is 5.73 Å². The number of nitrogens with one attached hydrogen (secondary N) is 1. The van der Waals surface area contributed by atoms with Crippen LogP contribution in [0.1, 0.15) is 110 Å². The van der Waals surface area contributed by atoms with Gasteiger partial charge in [-0.15, -0.1) is 0 Å². The molecule has 46 heavy (non-hydrogen) atoms. The molecular formula is C37H63N2O6P. The maximum absolute atomic E-state index is 12.6. The van der Waals surface area contributed by atoms with Gasteiger partial charge in [-0.3, -0.25) is 13.8 Å². The molecule has 3 unspecified atom stereocenters. The number of hydrogen-bond donors (Lipinski definition) is 4. The van der Waals surface area contributed by atoms with Crippen molar-refractivity contribution in [2.45, 2.75) is 122 Å². The summed E-state index contributed by atoms with van der Waals surface area (Å²) in [5.41, 5.74) is 5.33. The van der Waals surface area contributed by atoms with Crippen molar-refractivity contribution in [1.29, 1.82) is 0 Å². The third-order valence-corrected chi connectivity index (χ3v) is 7.68. The Kier molecular flexibility index (Phi) is 31.0. The van der Waals surface area contributed by atoms with Gasteiger partial charge in [-0.25, -0.2) is 4.57 Å². The Bertz CT molecular complexity index is 986. The van der Waals surface area contributed by atoms with Crippen molar-refractivity contribution < 1.29 is 28.4 Å². The fraction of sp³-hybridized carbons (Fsp3) is 0.595. The number of nitrogens with two attached hydrogens (primary N) is 1. The largest absolute Gasteiger partial charge is 0.472 e. The van der Waals surface area contributed by atoms with E-state index in [2.05, 4.69) is 92.1 Å². The van der Waals surface area contributed by atoms with E-state index in [1.54, 1.807) is 6.08 Å². The van der Waals surface area contributed by atoms with Crippen molar-refractivity contribution in [1.82, 2.24) is 5.32 Å². The van der Waals surface area contributed by atoms with Crippen LogP contribution in [-0.4, -0.2) is 47.8 Å². The van der Waals surface area contributed by atoms with Gasteiger partial charge in [0.2, 0.25) is 5.91 Å². The van der Waals surface area contributed by atoms with E-state index in [1.165, 1.54) is 0 Å². The Hall–Kier alpha value is -2.32. The summed E-state index contributed by atoms with van der Waals surface area (Å²) < 4.78 is 21.9. The molecule has 9 heteroatoms. The molecule has 0 fully saturated rings. The molecule has 0 aliphatic heterocycles. The molecule has 8 nitrogen and oxygen atoms in total. The Morgan fingerprint density at radius 3 is 1.83 bits per heavy atom. The molecule has 0 radical (unpaired) electrons. The molecule has 0 heterocycles. The lowest BCUT2D eigenvalue weighted by molar-refractivity contribution is -0.123. The minimum atomic E-state index is -4.35. The van der Waals surface area contributed by atoms with Gasteiger partial charge in [0.1, 0.15) is 0 Å². The van der Waals surface area contributed by atoms with E-state index in [1.807, 2.05) is 6.08 Å². The van der Waals surface area contributed by atoms with Crippen molar-refractivity contribution in [3.63, 3.8) is 0 Å². The number of phosphoric acid groups is 1. The maximum Gasteiger partial charge on any atom is 0.472 e. The van der Waals surface area contributed by atoms with Gasteiger partial charge >= 0.3 is 7.82 Å². The first-order valence-corrected chi connectivity index (χ1v) is 18.7. The molecule has 0 aliphatic carbocycles. The predicted octanol–water partition coefficient (Wildman–Crippen LogP) is 8.71. The monoisotopic (exact) mass is 662 g/mol. The van der Waals surface area contributed by atoms with E-state index in [9.17, 15) is 19.4 Å². The molecule has 1 amide bonds. The van der Waals surface area contributed by atoms with Gasteiger partial charge in [-0.1, -0.05) is 112 Å². The number of rotatable bonds is 30. The highest BCUT2D eigenvalue weighted by Crippen LogP contribution is 2.43. The normalized spacial score (nSPS) is 15.5. The number of phosphoric ester groups is 1. The van der Waals surface area contributed by atoms with E-state index in [4.69, 9.17) is 14.8 Å². The molecule has 262 valence electrons. The number of unbranched alkanes of at least 4 members (excludes halogenated alkanes) is 6. The summed E-state index contributed by atoms with van der Waals surface area (Å²) in [6, 6.07) is -0.898. The fourth-order valence-electron chi connectivity index (χ4n) is 4.16. The summed E-state index contributed by atoms with van der Waals surface area (Å²) in [5, 5.41) is 13.5. The summed E-state index contributed by atoms with van der Waals surface area (Å²) in [5.74, 6) is -0.240. The Labute approximate surface area is 279 Å². The standard InChI is InChI=1S/C37H63N2O6P/c1-3-5-7-9-11-13-15-16-17-18-19-20-21-23-25-27-29-31-37(41)39-35(34-45-46(42,43)44-33-32-38)36(40)30-28-26-24-22-14-12-10-8-6-4-2/h5-8,11,13-14,16-17,19-20,22,28,30,35-36,40H,3-4,9-10,12,15,18,21,23-27,29,31-34,38H2,1-2H3,(H,39,41)(H,42,43)/b7-5-,8-6+,13-11-,17-16-,20-19-,22-14+,30-28+. The van der Waals surface area contributed by atoms with Crippen LogP contribution in [0.3, 0.4) is 0 Å². The quantitative estimate of drug-likeness (QED) is 0.0344. The zero-order valence-corrected chi connectivity index (χ0v) is 29.4. The van der Waals surface area contributed by atoms with Crippen LogP contribution in [0.15, 0.2) is 85.1 Å². The molecule has 0 saturated carbocycles. The fourth-order valence-corrected chi connectivity index (χ4v) is 4.92. The second-order valence-corrected chi connectivity index (χ2v) is 12.4. The van der Waals surface area contributed by atoms with Gasteiger partial charge in [0, 0.05) is 13.0 Å². The minimum absolute atomic E-state index is 0.0623. The van der Waals surface area contributed by atoms with E-state index in [-0.39, 0.29) is 25.7 Å². The minimum Gasteiger partial charge on any atom is -0.387 e. The maximum atomic E-state index is 12.6. The van der Waals surface area contributed by atoms with Crippen molar-refractivity contribution in [3.05, 3.63) is 85.1 Å². The number of amides is 1. The third kappa shape index (κ3) is 30.3. The predicted molar refractivity (Wildman–Crippen MR) is 193 cm³/mol. The second-order valence-electron chi connectivity index (χ2n) is 10.9. The van der Waals surface area contributed by atoms with Gasteiger partial charge in [-0.05, 0) is 77.0 Å². The van der Waals surface area contributed by atoms with Gasteiger partial charge in [0.25, 0.3) is 0 Å². The highest BCUT2D eigenvalue weighted by molar-refractivity contribution is 7.47. The van der Waals surface area contributed by atoms with E-state index in [0.717, 1.165) is 89.9 Å². The van der Waals surface area contributed by atoms with Crippen LogP contribution in [0.2, 0.25) is 0 Å². The average Bonchev–Trinajstić information content (AvgIpc) is 3.04. The van der Waals surface area contributed by atoms with Crippen LogP contribution in [0.4, 0.5) is 0 Å². The molecule has 0 rings (SSSR count). The number of aliphatic hydroxyl groups excluding tert-OH is 1. The van der Waals surface area contributed by atoms with Crippen LogP contribution in [0, 0.1) is 0 Å². The molecule has 0 aliphatic rings. The van der Waals surface area contributed by atoms with E-state index in [0.29, 0.717) is 6.42 Å². The van der Waals surface area contributed by atoms with Crippen LogP contribution in [0.25, 0.3) is 0 Å². The highest BCUT2D eigenvalue weighted by atomic mass is 31.2. The highest BCUT2D eigenvalue weighted by Gasteiger charge is 2.26. The first-order valence-electron chi connectivity index (χ1n) is 17.2. The van der Waals surface area contributed by atoms with Crippen LogP contribution in [0.5, 0.6) is 0 Å². The Morgan fingerprint density at radius 2 is 1.22 bits per heavy atom. The molecule has 0 saturated heterocycles. The number of allylic oxidation sites excluding steroid dienone is 13. The Morgan fingerprint density at radius 1 is 0.717 bits per heavy atom. The van der Waals surface area contributed by atoms with Crippen molar-refractivity contribution in [2.75, 3.05) is 19.8 Å². The number of aliphatic hydroxyl groups is 1. The summed E-state index contributed by atoms with van der Waals surface area (Å²) >= 11 is 0. The zero-order chi connectivity index (χ0) is 34.0. The smallest absolute Gasteiger partial charge is 0.387 e. The second kappa shape index (κ2) is 32.6. The lowest BCUT2D eigenvalue weighted by Crippen LogP contribution is -2.45. The van der Waals surface area contributed by atoms with Crippen LogP contribution in [-0.2, 0) is 18.4 Å². The molecule has 5 N–H and O–H groups in total. The van der Waals surface area contributed by atoms with E-state index < -0.39 is 20.0 Å². The summed E-state index contributed by atoms with van der Waals surface area (Å²) in [4.78, 5) is 22.5. The zero-order valence-electron chi connectivity index (χ0n) is 28.5. The number of hydrogen-bond acceptors (Lipinski definition) is 6. The van der Waals surface area contributed by atoms with Crippen molar-refractivity contribution in [3.8, 4) is 0 Å². The molecule has 0 aromatic heterocycles. The van der Waals surface area contributed by atoms with Gasteiger partial charge < -0.3 is 21.1 Å². The summed E-state index contributed by atoms with van der Waals surface area (Å²) in [6.07, 6.45) is 42.1. The van der Waals surface area contributed by atoms with Crippen LogP contribution < -0.4 is 11.1 Å².